The highest BCUT2D eigenvalue weighted by Crippen LogP contribution is 2.07. The number of likely N-dealkylation sites (tertiary alicyclic amines) is 1. The highest BCUT2D eigenvalue weighted by atomic mass is 16.3. The second-order valence-electron chi connectivity index (χ2n) is 14.5. The Balaban J connectivity index is -0.0000000154. The van der Waals surface area contributed by atoms with Crippen molar-refractivity contribution in [3.05, 3.63) is 71.8 Å². The van der Waals surface area contributed by atoms with Crippen LogP contribution in [0.2, 0.25) is 0 Å². The van der Waals surface area contributed by atoms with Crippen LogP contribution < -0.4 is 71.3 Å². The average Bonchev–Trinajstić information content (AvgIpc) is 3.64. The van der Waals surface area contributed by atoms with Crippen LogP contribution in [0.1, 0.15) is 195 Å². The summed E-state index contributed by atoms with van der Waals surface area (Å²) in [4.78, 5) is 109. The molecule has 0 bridgehead atoms. The van der Waals surface area contributed by atoms with Crippen molar-refractivity contribution in [1.29, 1.82) is 0 Å². The highest BCUT2D eigenvalue weighted by Gasteiger charge is 2.11. The molecule has 0 aliphatic carbocycles. The number of aliphatic hydroxyl groups is 1. The van der Waals surface area contributed by atoms with Gasteiger partial charge in [-0.3, -0.25) is 4.79 Å². The van der Waals surface area contributed by atoms with Gasteiger partial charge in [-0.25, -0.2) is 0 Å². The number of carbonyl (C=O) groups is 13. The van der Waals surface area contributed by atoms with Crippen molar-refractivity contribution in [2.75, 3.05) is 55.4 Å². The van der Waals surface area contributed by atoms with Crippen LogP contribution in [0.5, 0.6) is 0 Å². The SMILES string of the molecule is C=O.C=O.C=O.C=O.C=O.C=O.C=O.C=O.C=O.C=O.C=O.C=O.CC.CC.CC(=O)N1CCCCC1.CC(C)C.CC(C)O.CCC(C)C.CCC(C)C.CCC(C)C.CCc1ccccc1.CCc1ccccc1.CN.CN.CN.CN.CN.CN.N.N.N.N.N.N. The first kappa shape index (κ1) is 205. The van der Waals surface area contributed by atoms with E-state index in [4.69, 9.17) is 62.6 Å². The molecule has 1 amide bonds. The number of amides is 1. The number of hydrogen-bond acceptors (Lipinski definition) is 26. The van der Waals surface area contributed by atoms with E-state index in [1.54, 1.807) is 20.8 Å². The molecule has 1 aliphatic rings. The molecule has 0 saturated carbocycles. The fourth-order valence-electron chi connectivity index (χ4n) is 2.64. The molecule has 0 spiro atoms. The number of carbonyl (C=O) groups excluding carboxylic acids is 13. The Labute approximate surface area is 582 Å². The van der Waals surface area contributed by atoms with E-state index in [1.807, 2.05) is 126 Å². The molecule has 0 radical (unpaired) electrons. The summed E-state index contributed by atoms with van der Waals surface area (Å²) in [6, 6.07) is 20.9. The lowest BCUT2D eigenvalue weighted by Gasteiger charge is -2.24. The van der Waals surface area contributed by atoms with Gasteiger partial charge in [-0.15, -0.1) is 0 Å². The fraction of sp³-hybridized carbons (Fsp3) is 0.627. The molecule has 3 rings (SSSR count). The van der Waals surface area contributed by atoms with Crippen molar-refractivity contribution in [1.82, 2.24) is 41.8 Å². The zero-order valence-corrected chi connectivity index (χ0v) is 66.6. The van der Waals surface area contributed by atoms with E-state index in [-0.39, 0.29) is 48.9 Å². The van der Waals surface area contributed by atoms with Crippen LogP contribution in [0.3, 0.4) is 0 Å². The Morgan fingerprint density at radius 2 is 0.468 bits per heavy atom. The maximum Gasteiger partial charge on any atom is 0.219 e. The third kappa shape index (κ3) is 616. The molecule has 94 heavy (non-hydrogen) atoms. The minimum absolute atomic E-state index is 0. The molecule has 27 nitrogen and oxygen atoms in total. The van der Waals surface area contributed by atoms with Crippen molar-refractivity contribution in [2.45, 2.75) is 203 Å². The lowest BCUT2D eigenvalue weighted by atomic mass is 10.1. The molecule has 588 valence electrons. The van der Waals surface area contributed by atoms with Crippen molar-refractivity contribution in [3.63, 3.8) is 0 Å². The quantitative estimate of drug-likeness (QED) is 0.132. The number of aryl methyl sites for hydroxylation is 2. The van der Waals surface area contributed by atoms with E-state index in [9.17, 15) is 4.79 Å². The molecule has 0 aromatic heterocycles. The Hall–Kier alpha value is -6.57. The minimum atomic E-state index is -0.167. The van der Waals surface area contributed by atoms with Gasteiger partial charge in [-0.05, 0) is 123 Å². The van der Waals surface area contributed by atoms with Crippen LogP contribution in [0, 0.1) is 23.7 Å². The van der Waals surface area contributed by atoms with Gasteiger partial charge in [-0.1, -0.05) is 205 Å². The predicted octanol–water partition coefficient (Wildman–Crippen LogP) is 12.0. The summed E-state index contributed by atoms with van der Waals surface area (Å²) in [5.74, 6) is 3.72. The maximum absolute atomic E-state index is 10.7. The normalized spacial score (nSPS) is 6.78. The fourth-order valence-corrected chi connectivity index (χ4v) is 2.64. The Morgan fingerprint density at radius 1 is 0.351 bits per heavy atom. The topological polar surface area (TPSA) is 611 Å². The number of benzene rings is 2. The van der Waals surface area contributed by atoms with Crippen LogP contribution in [-0.2, 0) is 75.2 Å². The van der Waals surface area contributed by atoms with Crippen molar-refractivity contribution < 1.29 is 67.4 Å². The summed E-state index contributed by atoms with van der Waals surface area (Å²) in [5, 5.41) is 8.06. The molecule has 0 unspecified atom stereocenters. The average molecular weight is 1380 g/mol. The molecular weight excluding hydrogens is 1210 g/mol. The van der Waals surface area contributed by atoms with Crippen molar-refractivity contribution >= 4 is 87.4 Å². The van der Waals surface area contributed by atoms with Gasteiger partial charge in [0.2, 0.25) is 5.91 Å². The van der Waals surface area contributed by atoms with Crippen LogP contribution in [0.15, 0.2) is 60.7 Å². The number of nitrogens with two attached hydrogens (primary N) is 6. The van der Waals surface area contributed by atoms with Gasteiger partial charge >= 0.3 is 0 Å². The Kier molecular flexibility index (Phi) is 842. The van der Waals surface area contributed by atoms with Crippen LogP contribution in [0.4, 0.5) is 0 Å². The number of aliphatic hydroxyl groups excluding tert-OH is 1. The lowest BCUT2D eigenvalue weighted by Crippen LogP contribution is -2.33. The molecule has 2 aromatic carbocycles. The van der Waals surface area contributed by atoms with Gasteiger partial charge in [0.25, 0.3) is 0 Å². The first-order valence-corrected chi connectivity index (χ1v) is 28.4. The maximum atomic E-state index is 10.7. The van der Waals surface area contributed by atoms with Gasteiger partial charge < -0.3 is 139 Å². The van der Waals surface area contributed by atoms with Gasteiger partial charge in [0, 0.05) is 26.1 Å². The van der Waals surface area contributed by atoms with Crippen LogP contribution in [-0.4, -0.2) is 159 Å². The molecule has 27 heteroatoms. The van der Waals surface area contributed by atoms with E-state index in [0.717, 1.165) is 49.6 Å². The second kappa shape index (κ2) is 386. The highest BCUT2D eigenvalue weighted by molar-refractivity contribution is 5.73. The third-order valence-corrected chi connectivity index (χ3v) is 6.75. The smallest absolute Gasteiger partial charge is 0.219 e. The Morgan fingerprint density at radius 3 is 0.532 bits per heavy atom. The van der Waals surface area contributed by atoms with Gasteiger partial charge in [0.05, 0.1) is 0 Å². The van der Waals surface area contributed by atoms with E-state index < -0.39 is 0 Å². The third-order valence-electron chi connectivity index (χ3n) is 6.75. The molecule has 1 aliphatic heterocycles. The van der Waals surface area contributed by atoms with Crippen molar-refractivity contribution in [3.8, 4) is 0 Å². The molecule has 2 aromatic rings. The van der Waals surface area contributed by atoms with Crippen molar-refractivity contribution in [2.24, 2.45) is 58.1 Å². The molecule has 0 atom stereocenters. The second-order valence-corrected chi connectivity index (χ2v) is 14.5. The summed E-state index contributed by atoms with van der Waals surface area (Å²) >= 11 is 0. The number of hydrogen-bond donors (Lipinski definition) is 13. The predicted molar refractivity (Wildman–Crippen MR) is 420 cm³/mol. The van der Waals surface area contributed by atoms with E-state index in [0.29, 0.717) is 0 Å². The van der Waals surface area contributed by atoms with Crippen LogP contribution >= 0.6 is 0 Å². The van der Waals surface area contributed by atoms with E-state index in [2.05, 4.69) is 180 Å². The summed E-state index contributed by atoms with van der Waals surface area (Å²) in [5.41, 5.74) is 29.8. The van der Waals surface area contributed by atoms with E-state index in [1.165, 1.54) is 91.9 Å². The molecule has 31 N–H and O–H groups in total. The molecule has 1 saturated heterocycles. The first-order valence-electron chi connectivity index (χ1n) is 28.4. The number of nitrogens with zero attached hydrogens (tertiary/aromatic N) is 1. The lowest BCUT2D eigenvalue weighted by molar-refractivity contribution is -0.129. The number of piperidine rings is 1. The van der Waals surface area contributed by atoms with E-state index >= 15 is 0 Å². The molecular formula is C67H171N13O14. The number of rotatable bonds is 5. The van der Waals surface area contributed by atoms with Crippen LogP contribution in [0.25, 0.3) is 0 Å². The summed E-state index contributed by atoms with van der Waals surface area (Å²) in [6.45, 7) is 69.8. The first-order chi connectivity index (χ1) is 42.4. The summed E-state index contributed by atoms with van der Waals surface area (Å²) in [6.07, 6.45) is 9.71. The van der Waals surface area contributed by atoms with Gasteiger partial charge in [0.1, 0.15) is 81.5 Å². The summed E-state index contributed by atoms with van der Waals surface area (Å²) < 4.78 is 0. The minimum Gasteiger partial charge on any atom is -0.394 e. The molecule has 1 fully saturated rings. The standard InChI is InChI=1S/2C8H10.C7H13NO.3C5H12.C4H10.C3H8O.2C2H6.6CH5N.12CH2O.6H3N/c2*1-2-8-6-4-3-5-7-8;1-7(9)8-5-3-2-4-6-8;3*1-4-5(2)3;1-4(2)3;1-3(2)4;20*1-2;;;;;;/h2*3-7H,2H2,1H3;2-6H2,1H3;3*5H,4H2,1-3H3;4H,1-3H3;3-4H,1-2H3;2*1-2H3;6*2H2,1H3;12*1H2;6*1H3. The zero-order valence-electron chi connectivity index (χ0n) is 66.6. The van der Waals surface area contributed by atoms with Gasteiger partial charge in [-0.2, -0.15) is 0 Å². The molecule has 1 heterocycles. The summed E-state index contributed by atoms with van der Waals surface area (Å²) in [7, 11) is 9.00. The van der Waals surface area contributed by atoms with Gasteiger partial charge in [0.15, 0.2) is 0 Å². The zero-order chi connectivity index (χ0) is 78.3. The Bertz CT molecular complexity index is 984. The monoisotopic (exact) mass is 1380 g/mol. The largest absolute Gasteiger partial charge is 0.394 e.